The summed E-state index contributed by atoms with van der Waals surface area (Å²) >= 11 is 0. The van der Waals surface area contributed by atoms with Crippen molar-refractivity contribution in [2.75, 3.05) is 34.7 Å². The van der Waals surface area contributed by atoms with Crippen LogP contribution in [0.3, 0.4) is 0 Å². The van der Waals surface area contributed by atoms with E-state index in [1.807, 2.05) is 102 Å². The van der Waals surface area contributed by atoms with Crippen molar-refractivity contribution in [3.63, 3.8) is 0 Å². The van der Waals surface area contributed by atoms with Crippen LogP contribution in [0.15, 0.2) is 60.7 Å². The zero-order valence-electron chi connectivity index (χ0n) is 50.2. The van der Waals surface area contributed by atoms with Crippen molar-refractivity contribution in [1.29, 1.82) is 0 Å². The molecule has 6 amide bonds. The van der Waals surface area contributed by atoms with Crippen molar-refractivity contribution in [2.24, 2.45) is 41.4 Å². The standard InChI is InChI=1S/C62H94N6O11/c1-17-40(9)45-36-49(69)47-30-25-31-68(47)59(75)48(34-43-28-23-20-24-29-43)64(13)58(74)46(33-42-26-21-19-22-27-42)63-55(71)52(39(7)8)66(15)60(76)53(41(10)18-2)79-61(77)54(62(11,12)78)67(16)56(72)44(32-37(3)4)35-50(70)51(38(5)6)65(14)57(45)73/h19-24,26-29,37-41,44-48,51-54,78H,17-18,25,30-36H2,1-16H3,(H,63,71)/t40?,41?,44-,45+,46+,47+,48+,51+,52+,53-,54-/m1/s1. The fourth-order valence-electron chi connectivity index (χ4n) is 11.7. The van der Waals surface area contributed by atoms with Crippen LogP contribution < -0.4 is 5.32 Å². The molecule has 2 aliphatic rings. The lowest BCUT2D eigenvalue weighted by atomic mass is 9.82. The molecule has 0 saturated carbocycles. The summed E-state index contributed by atoms with van der Waals surface area (Å²) in [5.41, 5.74) is -0.484. The number of Topliss-reactive ketones (excluding diaryl/α,β-unsaturated/α-hetero) is 2. The van der Waals surface area contributed by atoms with Crippen molar-refractivity contribution in [3.05, 3.63) is 71.8 Å². The number of nitrogens with one attached hydrogen (secondary N) is 1. The van der Waals surface area contributed by atoms with Gasteiger partial charge in [0.25, 0.3) is 5.91 Å². The summed E-state index contributed by atoms with van der Waals surface area (Å²) in [6.45, 7) is 21.1. The first-order valence-electron chi connectivity index (χ1n) is 28.7. The van der Waals surface area contributed by atoms with Crippen LogP contribution in [0.4, 0.5) is 0 Å². The second-order valence-electron chi connectivity index (χ2n) is 24.3. The van der Waals surface area contributed by atoms with E-state index in [0.29, 0.717) is 31.2 Å². The van der Waals surface area contributed by atoms with Gasteiger partial charge in [-0.15, -0.1) is 0 Å². The van der Waals surface area contributed by atoms with E-state index in [1.165, 1.54) is 54.6 Å². The van der Waals surface area contributed by atoms with Crippen molar-refractivity contribution in [3.8, 4) is 0 Å². The second kappa shape index (κ2) is 29.0. The van der Waals surface area contributed by atoms with Gasteiger partial charge in [-0.05, 0) is 74.3 Å². The molecule has 0 bridgehead atoms. The molecular formula is C62H94N6O11. The molecule has 17 nitrogen and oxygen atoms in total. The van der Waals surface area contributed by atoms with Gasteiger partial charge in [0.05, 0.1) is 17.7 Å². The van der Waals surface area contributed by atoms with Crippen LogP contribution in [0, 0.1) is 41.4 Å². The molecule has 2 unspecified atom stereocenters. The molecule has 79 heavy (non-hydrogen) atoms. The number of likely N-dealkylation sites (N-methyl/N-ethyl adjacent to an activating group) is 4. The van der Waals surface area contributed by atoms with Crippen LogP contribution in [-0.2, 0) is 60.7 Å². The highest BCUT2D eigenvalue weighted by atomic mass is 16.6. The van der Waals surface area contributed by atoms with Crippen LogP contribution in [0.2, 0.25) is 0 Å². The minimum absolute atomic E-state index is 0.00768. The Morgan fingerprint density at radius 3 is 1.66 bits per heavy atom. The Hall–Kier alpha value is -5.97. The summed E-state index contributed by atoms with van der Waals surface area (Å²) in [5, 5.41) is 14.7. The lowest BCUT2D eigenvalue weighted by Gasteiger charge is -2.39. The third-order valence-corrected chi connectivity index (χ3v) is 16.5. The van der Waals surface area contributed by atoms with Crippen molar-refractivity contribution in [2.45, 2.75) is 189 Å². The van der Waals surface area contributed by atoms with Gasteiger partial charge >= 0.3 is 5.97 Å². The monoisotopic (exact) mass is 1100 g/mol. The van der Waals surface area contributed by atoms with Crippen LogP contribution in [0.25, 0.3) is 0 Å². The quantitative estimate of drug-likeness (QED) is 0.205. The predicted molar refractivity (Wildman–Crippen MR) is 304 cm³/mol. The Kier molecular flexibility index (Phi) is 24.0. The molecule has 2 aliphatic heterocycles. The van der Waals surface area contributed by atoms with Gasteiger partial charge in [-0.3, -0.25) is 38.4 Å². The first-order chi connectivity index (χ1) is 37.0. The highest BCUT2D eigenvalue weighted by Gasteiger charge is 2.48. The maximum Gasteiger partial charge on any atom is 0.332 e. The number of rotatable bonds is 13. The molecule has 0 spiro atoms. The number of carbonyl (C=O) groups excluding carboxylic acids is 9. The summed E-state index contributed by atoms with van der Waals surface area (Å²) in [6, 6.07) is 11.0. The van der Waals surface area contributed by atoms with Crippen LogP contribution in [0.5, 0.6) is 0 Å². The molecule has 2 heterocycles. The molecule has 0 radical (unpaired) electrons. The van der Waals surface area contributed by atoms with Crippen LogP contribution in [-0.4, -0.2) is 165 Å². The number of fused-ring (bicyclic) bond motifs is 1. The van der Waals surface area contributed by atoms with Gasteiger partial charge in [0.2, 0.25) is 29.5 Å². The highest BCUT2D eigenvalue weighted by molar-refractivity contribution is 5.99. The number of hydrogen-bond donors (Lipinski definition) is 2. The Balaban J connectivity index is 1.98. The molecule has 17 heteroatoms. The third kappa shape index (κ3) is 16.6. The highest BCUT2D eigenvalue weighted by Crippen LogP contribution is 2.32. The summed E-state index contributed by atoms with van der Waals surface area (Å²) in [6.07, 6.45) is -0.0284. The molecule has 2 aromatic rings. The number of nitrogens with zero attached hydrogens (tertiary/aromatic N) is 5. The van der Waals surface area contributed by atoms with Crippen LogP contribution in [0.1, 0.15) is 139 Å². The van der Waals surface area contributed by atoms with Crippen molar-refractivity contribution in [1.82, 2.24) is 29.8 Å². The van der Waals surface area contributed by atoms with Gasteiger partial charge in [0.15, 0.2) is 23.7 Å². The smallest absolute Gasteiger partial charge is 0.332 e. The van der Waals surface area contributed by atoms with Crippen LogP contribution >= 0.6 is 0 Å². The number of cyclic esters (lactones) is 1. The number of amides is 6. The van der Waals surface area contributed by atoms with E-state index in [-0.39, 0.29) is 56.3 Å². The first-order valence-corrected chi connectivity index (χ1v) is 28.7. The number of hydrogen-bond acceptors (Lipinski definition) is 11. The van der Waals surface area contributed by atoms with Gasteiger partial charge in [0.1, 0.15) is 18.1 Å². The Morgan fingerprint density at radius 2 is 1.15 bits per heavy atom. The number of esters is 1. The van der Waals surface area contributed by atoms with Crippen molar-refractivity contribution < 1.29 is 53.0 Å². The van der Waals surface area contributed by atoms with Gasteiger partial charge in [-0.25, -0.2) is 4.79 Å². The molecule has 0 aliphatic carbocycles. The fraction of sp³-hybridized carbons (Fsp3) is 0.661. The van der Waals surface area contributed by atoms with E-state index in [2.05, 4.69) is 5.32 Å². The largest absolute Gasteiger partial charge is 0.450 e. The Bertz CT molecular complexity index is 2420. The lowest BCUT2D eigenvalue weighted by Crippen LogP contribution is -2.61. The summed E-state index contributed by atoms with van der Waals surface area (Å²) in [7, 11) is 5.83. The minimum atomic E-state index is -1.94. The predicted octanol–water partition coefficient (Wildman–Crippen LogP) is 6.55. The molecular weight excluding hydrogens is 1000 g/mol. The second-order valence-corrected chi connectivity index (χ2v) is 24.3. The maximum absolute atomic E-state index is 15.3. The average molecular weight is 1100 g/mol. The van der Waals surface area contributed by atoms with Crippen molar-refractivity contribution >= 4 is 53.0 Å². The van der Waals surface area contributed by atoms with E-state index < -0.39 is 125 Å². The zero-order valence-corrected chi connectivity index (χ0v) is 50.2. The lowest BCUT2D eigenvalue weighted by molar-refractivity contribution is -0.178. The summed E-state index contributed by atoms with van der Waals surface area (Å²) in [5.74, 6) is -9.25. The number of ether oxygens (including phenoxy) is 1. The summed E-state index contributed by atoms with van der Waals surface area (Å²) in [4.78, 5) is 141. The average Bonchev–Trinajstić information content (AvgIpc) is 3.89. The van der Waals surface area contributed by atoms with Gasteiger partial charge in [0, 0.05) is 78.2 Å². The van der Waals surface area contributed by atoms with Gasteiger partial charge in [-0.1, -0.05) is 136 Å². The molecule has 2 saturated heterocycles. The Labute approximate surface area is 470 Å². The third-order valence-electron chi connectivity index (χ3n) is 16.5. The molecule has 4 rings (SSSR count). The number of aliphatic hydroxyl groups is 1. The normalized spacial score (nSPS) is 26.7. The SMILES string of the molecule is CCC(C)[C@@H]1CC(=O)[C@@H]2CCCN2C(=O)[C@H](Cc2ccccc2)N(C)C(=O)[C@H](Cc2ccccc2)NC(=O)[C@H](C(C)C)N(C)C(=O)[C@@H](C(C)CC)OC(=O)[C@H](C(C)(C)O)N(C)C(=O)[C@H](CC(C)C)CC(=O)[C@H](C(C)C)N(C)C1=O. The topological polar surface area (TPSA) is 211 Å². The van der Waals surface area contributed by atoms with Gasteiger partial charge < -0.3 is 39.7 Å². The maximum atomic E-state index is 15.3. The summed E-state index contributed by atoms with van der Waals surface area (Å²) < 4.78 is 6.12. The number of benzene rings is 2. The number of carbonyl (C=O) groups is 9. The molecule has 0 aromatic heterocycles. The zero-order chi connectivity index (χ0) is 59.4. The van der Waals surface area contributed by atoms with E-state index >= 15 is 9.59 Å². The first kappa shape index (κ1) is 65.5. The van der Waals surface area contributed by atoms with Gasteiger partial charge in [-0.2, -0.15) is 0 Å². The fourth-order valence-corrected chi connectivity index (χ4v) is 11.7. The van der Waals surface area contributed by atoms with E-state index in [4.69, 9.17) is 4.74 Å². The molecule has 438 valence electrons. The molecule has 2 aromatic carbocycles. The molecule has 2 fully saturated rings. The molecule has 2 N–H and O–H groups in total. The van der Waals surface area contributed by atoms with E-state index in [1.54, 1.807) is 34.7 Å². The molecule has 11 atom stereocenters. The Morgan fingerprint density at radius 1 is 0.620 bits per heavy atom. The number of ketones is 2. The van der Waals surface area contributed by atoms with E-state index in [0.717, 1.165) is 10.5 Å². The minimum Gasteiger partial charge on any atom is -0.450 e. The van der Waals surface area contributed by atoms with E-state index in [9.17, 15) is 38.7 Å².